The van der Waals surface area contributed by atoms with Crippen LogP contribution in [0.25, 0.3) is 0 Å². The van der Waals surface area contributed by atoms with Crippen LogP contribution < -0.4 is 14.4 Å². The summed E-state index contributed by atoms with van der Waals surface area (Å²) in [5.74, 6) is -3.42. The number of hydrogen-bond acceptors (Lipinski definition) is 8. The molecular weight excluding hydrogens is 479 g/mol. The Kier molecular flexibility index (Phi) is 7.91. The van der Waals surface area contributed by atoms with Gasteiger partial charge in [0.25, 0.3) is 0 Å². The molecule has 2 N–H and O–H groups in total. The topological polar surface area (TPSA) is 150 Å². The van der Waals surface area contributed by atoms with Crippen LogP contribution in [0.5, 0.6) is 5.88 Å². The maximum absolute atomic E-state index is 13.3. The van der Waals surface area contributed by atoms with Crippen molar-refractivity contribution in [1.82, 2.24) is 9.71 Å². The molecule has 0 atom stereocenters. The number of aromatic nitrogens is 1. The lowest BCUT2D eigenvalue weighted by molar-refractivity contribution is -0.123. The highest BCUT2D eigenvalue weighted by molar-refractivity contribution is 7.89. The zero-order chi connectivity index (χ0) is 25.8. The maximum Gasteiger partial charge on any atom is 0.341 e. The fourth-order valence-electron chi connectivity index (χ4n) is 4.14. The lowest BCUT2D eigenvalue weighted by atomic mass is 9.95. The van der Waals surface area contributed by atoms with Gasteiger partial charge in [-0.25, -0.2) is 17.6 Å². The Morgan fingerprint density at radius 1 is 1.34 bits per heavy atom. The molecule has 1 aliphatic rings. The van der Waals surface area contributed by atoms with Gasteiger partial charge in [-0.05, 0) is 42.5 Å². The molecule has 1 fully saturated rings. The van der Waals surface area contributed by atoms with Crippen LogP contribution in [-0.4, -0.2) is 50.6 Å². The van der Waals surface area contributed by atoms with Crippen molar-refractivity contribution in [2.75, 3.05) is 25.1 Å². The third kappa shape index (κ3) is 5.86. The van der Waals surface area contributed by atoms with Gasteiger partial charge < -0.3 is 14.7 Å². The second-order valence-electron chi connectivity index (χ2n) is 8.06. The Hall–Kier alpha value is -3.72. The molecule has 10 nitrogen and oxygen atoms in total. The lowest BCUT2D eigenvalue weighted by Gasteiger charge is -2.33. The Labute approximate surface area is 202 Å². The lowest BCUT2D eigenvalue weighted by Crippen LogP contribution is -2.43. The number of sulfonamides is 1. The number of nitrogens with zero attached hydrogens (tertiary/aromatic N) is 3. The van der Waals surface area contributed by atoms with Crippen LogP contribution in [-0.2, 0) is 27.0 Å². The first-order valence-corrected chi connectivity index (χ1v) is 12.5. The van der Waals surface area contributed by atoms with Gasteiger partial charge in [-0.1, -0.05) is 19.1 Å². The minimum Gasteiger partial charge on any atom is -0.480 e. The number of carboxylic acids is 1. The van der Waals surface area contributed by atoms with Crippen molar-refractivity contribution in [3.63, 3.8) is 0 Å². The van der Waals surface area contributed by atoms with E-state index in [1.807, 2.05) is 6.07 Å². The Bertz CT molecular complexity index is 1280. The number of hydrogen-bond donors (Lipinski definition) is 2. The number of anilines is 1. The van der Waals surface area contributed by atoms with E-state index in [4.69, 9.17) is 4.74 Å². The third-order valence-electron chi connectivity index (χ3n) is 5.79. The molecule has 1 saturated heterocycles. The highest BCUT2D eigenvalue weighted by Crippen LogP contribution is 2.33. The van der Waals surface area contributed by atoms with Crippen LogP contribution in [0.2, 0.25) is 0 Å². The van der Waals surface area contributed by atoms with Crippen LogP contribution in [0.15, 0.2) is 24.3 Å². The van der Waals surface area contributed by atoms with Crippen LogP contribution in [0.4, 0.5) is 10.2 Å². The SMILES string of the molecule is CCc1c(C#N)c(N2CCC(C(=O)NS(=O)(=O)Cc3cccc(F)c3)CC2)nc(OC)c1C(=O)O. The van der Waals surface area contributed by atoms with E-state index in [2.05, 4.69) is 9.71 Å². The number of carboxylic acid groups (broad SMARTS) is 1. The first kappa shape index (κ1) is 25.9. The summed E-state index contributed by atoms with van der Waals surface area (Å²) in [6, 6.07) is 7.18. The summed E-state index contributed by atoms with van der Waals surface area (Å²) in [5.41, 5.74) is 0.505. The van der Waals surface area contributed by atoms with Crippen molar-refractivity contribution in [1.29, 1.82) is 5.26 Å². The van der Waals surface area contributed by atoms with Crippen LogP contribution in [0, 0.1) is 23.1 Å². The van der Waals surface area contributed by atoms with E-state index in [0.717, 1.165) is 6.07 Å². The number of methoxy groups -OCH3 is 1. The molecular formula is C23H25FN4O6S. The summed E-state index contributed by atoms with van der Waals surface area (Å²) < 4.78 is 45.3. The molecule has 0 aliphatic carbocycles. The molecule has 12 heteroatoms. The average molecular weight is 505 g/mol. The molecule has 0 bridgehead atoms. The number of ether oxygens (including phenoxy) is 1. The number of aromatic carboxylic acids is 1. The van der Waals surface area contributed by atoms with E-state index >= 15 is 0 Å². The molecule has 1 aromatic heterocycles. The molecule has 0 spiro atoms. The minimum absolute atomic E-state index is 0.105. The highest BCUT2D eigenvalue weighted by atomic mass is 32.2. The van der Waals surface area contributed by atoms with Crippen LogP contribution in [0.1, 0.15) is 46.8 Å². The van der Waals surface area contributed by atoms with Crippen molar-refractivity contribution in [3.05, 3.63) is 52.3 Å². The molecule has 2 heterocycles. The molecule has 2 aromatic rings. The largest absolute Gasteiger partial charge is 0.480 e. The minimum atomic E-state index is -4.01. The molecule has 3 rings (SSSR count). The van der Waals surface area contributed by atoms with Gasteiger partial charge in [0.15, 0.2) is 5.82 Å². The van der Waals surface area contributed by atoms with E-state index in [0.29, 0.717) is 31.5 Å². The van der Waals surface area contributed by atoms with Crippen molar-refractivity contribution in [2.24, 2.45) is 5.92 Å². The Morgan fingerprint density at radius 3 is 2.57 bits per heavy atom. The van der Waals surface area contributed by atoms with E-state index in [-0.39, 0.29) is 34.8 Å². The van der Waals surface area contributed by atoms with Gasteiger partial charge in [0.1, 0.15) is 17.4 Å². The predicted molar refractivity (Wildman–Crippen MR) is 124 cm³/mol. The molecule has 0 unspecified atom stereocenters. The number of nitrogens with one attached hydrogen (secondary N) is 1. The second kappa shape index (κ2) is 10.7. The molecule has 1 aromatic carbocycles. The quantitative estimate of drug-likeness (QED) is 0.552. The zero-order valence-electron chi connectivity index (χ0n) is 19.2. The van der Waals surface area contributed by atoms with Gasteiger partial charge in [0, 0.05) is 19.0 Å². The zero-order valence-corrected chi connectivity index (χ0v) is 20.1. The number of halogens is 1. The van der Waals surface area contributed by atoms with E-state index in [1.54, 1.807) is 11.8 Å². The summed E-state index contributed by atoms with van der Waals surface area (Å²) in [6.45, 7) is 2.32. The first-order valence-electron chi connectivity index (χ1n) is 10.9. The number of carbonyl (C=O) groups is 2. The van der Waals surface area contributed by atoms with Gasteiger partial charge in [-0.15, -0.1) is 0 Å². The van der Waals surface area contributed by atoms with E-state index in [1.165, 1.54) is 25.3 Å². The molecule has 1 amide bonds. The fraction of sp³-hybridized carbons (Fsp3) is 0.391. The van der Waals surface area contributed by atoms with Gasteiger partial charge >= 0.3 is 5.97 Å². The molecule has 186 valence electrons. The fourth-order valence-corrected chi connectivity index (χ4v) is 5.30. The van der Waals surface area contributed by atoms with E-state index in [9.17, 15) is 32.8 Å². The monoisotopic (exact) mass is 504 g/mol. The summed E-state index contributed by atoms with van der Waals surface area (Å²) in [4.78, 5) is 30.4. The molecule has 0 radical (unpaired) electrons. The molecule has 35 heavy (non-hydrogen) atoms. The third-order valence-corrected chi connectivity index (χ3v) is 7.01. The summed E-state index contributed by atoms with van der Waals surface area (Å²) in [7, 11) is -2.72. The molecule has 1 aliphatic heterocycles. The van der Waals surface area contributed by atoms with Gasteiger partial charge in [0.05, 0.1) is 18.4 Å². The van der Waals surface area contributed by atoms with Gasteiger partial charge in [-0.2, -0.15) is 10.2 Å². The van der Waals surface area contributed by atoms with Gasteiger partial charge in [0.2, 0.25) is 21.8 Å². The number of pyridine rings is 1. The number of benzene rings is 1. The Balaban J connectivity index is 1.73. The summed E-state index contributed by atoms with van der Waals surface area (Å²) >= 11 is 0. The normalized spacial score (nSPS) is 14.3. The number of carbonyl (C=O) groups excluding carboxylic acids is 1. The number of nitriles is 1. The first-order chi connectivity index (χ1) is 16.6. The average Bonchev–Trinajstić information content (AvgIpc) is 2.81. The summed E-state index contributed by atoms with van der Waals surface area (Å²) in [5, 5.41) is 19.3. The standard InChI is InChI=1S/C23H25FN4O6S/c1-3-17-18(12-25)20(26-22(34-2)19(17)23(30)31)28-9-7-15(8-10-28)21(29)27-35(32,33)13-14-5-4-6-16(24)11-14/h4-6,11,15H,3,7-10,13H2,1-2H3,(H,27,29)(H,30,31). The van der Waals surface area contributed by atoms with Crippen molar-refractivity contribution < 1.29 is 32.2 Å². The van der Waals surface area contributed by atoms with Crippen molar-refractivity contribution in [2.45, 2.75) is 31.9 Å². The van der Waals surface area contributed by atoms with Crippen LogP contribution >= 0.6 is 0 Å². The van der Waals surface area contributed by atoms with Crippen molar-refractivity contribution in [3.8, 4) is 11.9 Å². The number of amides is 1. The van der Waals surface area contributed by atoms with Crippen molar-refractivity contribution >= 4 is 27.7 Å². The predicted octanol–water partition coefficient (Wildman–Crippen LogP) is 2.22. The highest BCUT2D eigenvalue weighted by Gasteiger charge is 2.32. The molecule has 0 saturated carbocycles. The Morgan fingerprint density at radius 2 is 2.03 bits per heavy atom. The second-order valence-corrected chi connectivity index (χ2v) is 9.78. The van der Waals surface area contributed by atoms with E-state index < -0.39 is 39.4 Å². The maximum atomic E-state index is 13.3. The number of piperidine rings is 1. The number of rotatable bonds is 8. The summed E-state index contributed by atoms with van der Waals surface area (Å²) in [6.07, 6.45) is 0.856. The van der Waals surface area contributed by atoms with Crippen LogP contribution in [0.3, 0.4) is 0 Å². The van der Waals surface area contributed by atoms with Gasteiger partial charge in [-0.3, -0.25) is 9.52 Å². The smallest absolute Gasteiger partial charge is 0.341 e.